The number of rotatable bonds is 3. The van der Waals surface area contributed by atoms with E-state index in [1.54, 1.807) is 6.07 Å². The Kier molecular flexibility index (Phi) is 3.51. The van der Waals surface area contributed by atoms with Crippen LogP contribution < -0.4 is 10.6 Å². The van der Waals surface area contributed by atoms with Gasteiger partial charge in [0.2, 0.25) is 0 Å². The first-order valence-electron chi connectivity index (χ1n) is 4.71. The van der Waals surface area contributed by atoms with E-state index in [0.29, 0.717) is 12.1 Å². The topological polar surface area (TPSA) is 53.0 Å². The van der Waals surface area contributed by atoms with Gasteiger partial charge in [-0.3, -0.25) is 0 Å². The summed E-state index contributed by atoms with van der Waals surface area (Å²) in [7, 11) is 1.84. The highest BCUT2D eigenvalue weighted by molar-refractivity contribution is 5.67. The molecule has 1 rings (SSSR count). The summed E-state index contributed by atoms with van der Waals surface area (Å²) in [5, 5.41) is 8.58. The van der Waals surface area contributed by atoms with Crippen molar-refractivity contribution in [2.24, 2.45) is 0 Å². The van der Waals surface area contributed by atoms with Gasteiger partial charge in [0.1, 0.15) is 5.82 Å². The SMILES string of the molecule is CC(CC#N)N(C)c1ccc(F)cc1N. The van der Waals surface area contributed by atoms with E-state index in [0.717, 1.165) is 5.69 Å². The van der Waals surface area contributed by atoms with E-state index in [1.165, 1.54) is 12.1 Å². The molecule has 4 heteroatoms. The average molecular weight is 207 g/mol. The first kappa shape index (κ1) is 11.3. The van der Waals surface area contributed by atoms with Crippen molar-refractivity contribution in [2.45, 2.75) is 19.4 Å². The van der Waals surface area contributed by atoms with Crippen LogP contribution in [0.2, 0.25) is 0 Å². The molecule has 0 radical (unpaired) electrons. The number of hydrogen-bond acceptors (Lipinski definition) is 3. The first-order chi connectivity index (χ1) is 7.06. The molecule has 0 bridgehead atoms. The van der Waals surface area contributed by atoms with Gasteiger partial charge in [0.15, 0.2) is 0 Å². The zero-order valence-electron chi connectivity index (χ0n) is 8.87. The minimum atomic E-state index is -0.349. The molecule has 0 amide bonds. The Hall–Kier alpha value is -1.76. The predicted octanol–water partition coefficient (Wildman–Crippen LogP) is 2.15. The van der Waals surface area contributed by atoms with Crippen LogP contribution in [-0.4, -0.2) is 13.1 Å². The molecule has 2 N–H and O–H groups in total. The van der Waals surface area contributed by atoms with Crippen LogP contribution in [0.15, 0.2) is 18.2 Å². The average Bonchev–Trinajstić information content (AvgIpc) is 2.17. The minimum absolute atomic E-state index is 0.0581. The maximum Gasteiger partial charge on any atom is 0.125 e. The van der Waals surface area contributed by atoms with Crippen molar-refractivity contribution < 1.29 is 4.39 Å². The van der Waals surface area contributed by atoms with Crippen molar-refractivity contribution in [3.8, 4) is 6.07 Å². The van der Waals surface area contributed by atoms with Crippen molar-refractivity contribution in [1.82, 2.24) is 0 Å². The van der Waals surface area contributed by atoms with Crippen LogP contribution in [-0.2, 0) is 0 Å². The van der Waals surface area contributed by atoms with Gasteiger partial charge in [-0.2, -0.15) is 5.26 Å². The lowest BCUT2D eigenvalue weighted by Crippen LogP contribution is -2.29. The van der Waals surface area contributed by atoms with E-state index in [2.05, 4.69) is 6.07 Å². The molecule has 0 heterocycles. The monoisotopic (exact) mass is 207 g/mol. The lowest BCUT2D eigenvalue weighted by molar-refractivity contribution is 0.627. The fourth-order valence-electron chi connectivity index (χ4n) is 1.35. The predicted molar refractivity (Wildman–Crippen MR) is 58.9 cm³/mol. The molecule has 0 aliphatic heterocycles. The molecule has 0 spiro atoms. The van der Waals surface area contributed by atoms with Gasteiger partial charge in [0.25, 0.3) is 0 Å². The molecule has 80 valence electrons. The van der Waals surface area contributed by atoms with Crippen molar-refractivity contribution in [3.63, 3.8) is 0 Å². The minimum Gasteiger partial charge on any atom is -0.397 e. The van der Waals surface area contributed by atoms with Gasteiger partial charge in [-0.15, -0.1) is 0 Å². The van der Waals surface area contributed by atoms with Gasteiger partial charge in [0.05, 0.1) is 23.9 Å². The van der Waals surface area contributed by atoms with Gasteiger partial charge < -0.3 is 10.6 Å². The highest BCUT2D eigenvalue weighted by Crippen LogP contribution is 2.24. The number of nitrogen functional groups attached to an aromatic ring is 1. The number of nitrogens with zero attached hydrogens (tertiary/aromatic N) is 2. The molecule has 1 unspecified atom stereocenters. The Morgan fingerprint density at radius 2 is 2.27 bits per heavy atom. The normalized spacial score (nSPS) is 11.9. The number of halogens is 1. The Morgan fingerprint density at radius 3 is 2.80 bits per heavy atom. The molecule has 0 aliphatic rings. The Morgan fingerprint density at radius 1 is 1.60 bits per heavy atom. The summed E-state index contributed by atoms with van der Waals surface area (Å²) in [6.07, 6.45) is 0.410. The third kappa shape index (κ3) is 2.59. The van der Waals surface area contributed by atoms with Gasteiger partial charge >= 0.3 is 0 Å². The number of nitrogens with two attached hydrogens (primary N) is 1. The third-order valence-electron chi connectivity index (χ3n) is 2.42. The highest BCUT2D eigenvalue weighted by Gasteiger charge is 2.12. The second-order valence-corrected chi connectivity index (χ2v) is 3.53. The molecule has 1 aromatic carbocycles. The van der Waals surface area contributed by atoms with Gasteiger partial charge in [-0.1, -0.05) is 0 Å². The van der Waals surface area contributed by atoms with Gasteiger partial charge in [-0.05, 0) is 25.1 Å². The molecule has 0 aromatic heterocycles. The summed E-state index contributed by atoms with van der Waals surface area (Å²) in [5.41, 5.74) is 6.83. The second-order valence-electron chi connectivity index (χ2n) is 3.53. The molecule has 1 atom stereocenters. The van der Waals surface area contributed by atoms with E-state index in [9.17, 15) is 4.39 Å². The Bertz CT molecular complexity index is 384. The van der Waals surface area contributed by atoms with Crippen molar-refractivity contribution in [2.75, 3.05) is 17.7 Å². The van der Waals surface area contributed by atoms with Crippen LogP contribution in [0, 0.1) is 17.1 Å². The van der Waals surface area contributed by atoms with Crippen molar-refractivity contribution in [1.29, 1.82) is 5.26 Å². The summed E-state index contributed by atoms with van der Waals surface area (Å²) in [5.74, 6) is -0.349. The molecule has 15 heavy (non-hydrogen) atoms. The van der Waals surface area contributed by atoms with Crippen LogP contribution in [0.1, 0.15) is 13.3 Å². The zero-order chi connectivity index (χ0) is 11.4. The Balaban J connectivity index is 2.91. The fourth-order valence-corrected chi connectivity index (χ4v) is 1.35. The van der Waals surface area contributed by atoms with Crippen LogP contribution in [0.5, 0.6) is 0 Å². The van der Waals surface area contributed by atoms with Gasteiger partial charge in [-0.25, -0.2) is 4.39 Å². The van der Waals surface area contributed by atoms with E-state index in [4.69, 9.17) is 11.0 Å². The molecule has 0 aliphatic carbocycles. The van der Waals surface area contributed by atoms with Crippen LogP contribution in [0.4, 0.5) is 15.8 Å². The van der Waals surface area contributed by atoms with Crippen molar-refractivity contribution >= 4 is 11.4 Å². The van der Waals surface area contributed by atoms with Gasteiger partial charge in [0, 0.05) is 13.1 Å². The number of benzene rings is 1. The van der Waals surface area contributed by atoms with Crippen LogP contribution in [0.25, 0.3) is 0 Å². The molecule has 1 aromatic rings. The van der Waals surface area contributed by atoms with Crippen LogP contribution >= 0.6 is 0 Å². The summed E-state index contributed by atoms with van der Waals surface area (Å²) < 4.78 is 12.8. The molecule has 0 fully saturated rings. The quantitative estimate of drug-likeness (QED) is 0.772. The third-order valence-corrected chi connectivity index (χ3v) is 2.42. The fraction of sp³-hybridized carbons (Fsp3) is 0.364. The van der Waals surface area contributed by atoms with E-state index < -0.39 is 0 Å². The van der Waals surface area contributed by atoms with E-state index in [-0.39, 0.29) is 11.9 Å². The van der Waals surface area contributed by atoms with E-state index in [1.807, 2.05) is 18.9 Å². The zero-order valence-corrected chi connectivity index (χ0v) is 8.87. The summed E-state index contributed by atoms with van der Waals surface area (Å²) in [4.78, 5) is 1.87. The molecular weight excluding hydrogens is 193 g/mol. The molecule has 3 nitrogen and oxygen atoms in total. The molecule has 0 saturated heterocycles. The largest absolute Gasteiger partial charge is 0.397 e. The number of anilines is 2. The van der Waals surface area contributed by atoms with Crippen LogP contribution in [0.3, 0.4) is 0 Å². The Labute approximate surface area is 88.9 Å². The first-order valence-corrected chi connectivity index (χ1v) is 4.71. The summed E-state index contributed by atoms with van der Waals surface area (Å²) in [6, 6.07) is 6.42. The number of nitriles is 1. The highest BCUT2D eigenvalue weighted by atomic mass is 19.1. The maximum absolute atomic E-state index is 12.8. The number of hydrogen-bond donors (Lipinski definition) is 1. The maximum atomic E-state index is 12.8. The second kappa shape index (κ2) is 4.65. The smallest absolute Gasteiger partial charge is 0.125 e. The van der Waals surface area contributed by atoms with Crippen molar-refractivity contribution in [3.05, 3.63) is 24.0 Å². The molecular formula is C11H14FN3. The standard InChI is InChI=1S/C11H14FN3/c1-8(5-6-13)15(2)11-4-3-9(12)7-10(11)14/h3-4,7-8H,5,14H2,1-2H3. The summed E-state index contributed by atoms with van der Waals surface area (Å²) >= 11 is 0. The lowest BCUT2D eigenvalue weighted by atomic mass is 10.2. The lowest BCUT2D eigenvalue weighted by Gasteiger charge is -2.26. The molecule has 0 saturated carbocycles. The summed E-state index contributed by atoms with van der Waals surface area (Å²) in [6.45, 7) is 1.92. The van der Waals surface area contributed by atoms with E-state index >= 15 is 0 Å².